The fourth-order valence-corrected chi connectivity index (χ4v) is 0.678. The van der Waals surface area contributed by atoms with E-state index in [0.29, 0.717) is 6.42 Å². The van der Waals surface area contributed by atoms with E-state index in [1.807, 2.05) is 5.92 Å². The lowest BCUT2D eigenvalue weighted by Crippen LogP contribution is -2.40. The zero-order valence-electron chi connectivity index (χ0n) is 7.76. The van der Waals surface area contributed by atoms with Crippen molar-refractivity contribution < 1.29 is 14.7 Å². The van der Waals surface area contributed by atoms with Crippen LogP contribution in [0.2, 0.25) is 0 Å². The monoisotopic (exact) mass is 183 g/mol. The van der Waals surface area contributed by atoms with Gasteiger partial charge in [0.05, 0.1) is 5.41 Å². The number of hydrogen-bond acceptors (Lipinski definition) is 2. The lowest BCUT2D eigenvalue weighted by Gasteiger charge is -2.22. The van der Waals surface area contributed by atoms with Gasteiger partial charge in [0.2, 0.25) is 0 Å². The van der Waals surface area contributed by atoms with E-state index in [0.717, 1.165) is 0 Å². The zero-order chi connectivity index (χ0) is 10.5. The first-order valence-corrected chi connectivity index (χ1v) is 3.94. The molecule has 4 heteroatoms. The molecular formula is C9H13NO3. The SMILES string of the molecule is C#CC(=O)NCC(C)(CC)C(=O)O. The van der Waals surface area contributed by atoms with Gasteiger partial charge in [-0.05, 0) is 19.3 Å². The van der Waals surface area contributed by atoms with Crippen LogP contribution in [0.15, 0.2) is 0 Å². The summed E-state index contributed by atoms with van der Waals surface area (Å²) in [6, 6.07) is 0. The summed E-state index contributed by atoms with van der Waals surface area (Å²) in [6.45, 7) is 3.37. The van der Waals surface area contributed by atoms with Crippen LogP contribution in [-0.4, -0.2) is 23.5 Å². The molecule has 0 aromatic carbocycles. The van der Waals surface area contributed by atoms with Gasteiger partial charge in [-0.15, -0.1) is 6.42 Å². The summed E-state index contributed by atoms with van der Waals surface area (Å²) in [7, 11) is 0. The fourth-order valence-electron chi connectivity index (χ4n) is 0.678. The van der Waals surface area contributed by atoms with Gasteiger partial charge in [-0.25, -0.2) is 0 Å². The Hall–Kier alpha value is -1.50. The van der Waals surface area contributed by atoms with Gasteiger partial charge in [0.15, 0.2) is 0 Å². The summed E-state index contributed by atoms with van der Waals surface area (Å²) in [5.74, 6) is 0.337. The summed E-state index contributed by atoms with van der Waals surface area (Å²) in [4.78, 5) is 21.4. The van der Waals surface area contributed by atoms with Gasteiger partial charge >= 0.3 is 5.97 Å². The number of hydrogen-bond donors (Lipinski definition) is 2. The van der Waals surface area contributed by atoms with Crippen molar-refractivity contribution in [1.29, 1.82) is 0 Å². The molecule has 13 heavy (non-hydrogen) atoms. The molecule has 4 nitrogen and oxygen atoms in total. The van der Waals surface area contributed by atoms with E-state index in [2.05, 4.69) is 5.32 Å². The molecular weight excluding hydrogens is 170 g/mol. The third-order valence-corrected chi connectivity index (χ3v) is 2.07. The van der Waals surface area contributed by atoms with Gasteiger partial charge in [-0.2, -0.15) is 0 Å². The van der Waals surface area contributed by atoms with Gasteiger partial charge in [0.1, 0.15) is 0 Å². The second-order valence-corrected chi connectivity index (χ2v) is 3.05. The summed E-state index contributed by atoms with van der Waals surface area (Å²) in [5, 5.41) is 11.2. The predicted octanol–water partition coefficient (Wildman–Crippen LogP) is 0.237. The Morgan fingerprint density at radius 1 is 1.62 bits per heavy atom. The van der Waals surface area contributed by atoms with Gasteiger partial charge < -0.3 is 10.4 Å². The van der Waals surface area contributed by atoms with Crippen molar-refractivity contribution in [3.05, 3.63) is 0 Å². The molecule has 0 heterocycles. The third kappa shape index (κ3) is 3.16. The summed E-state index contributed by atoms with van der Waals surface area (Å²) in [5.41, 5.74) is -0.938. The van der Waals surface area contributed by atoms with Crippen LogP contribution in [0.3, 0.4) is 0 Å². The lowest BCUT2D eigenvalue weighted by atomic mass is 9.88. The predicted molar refractivity (Wildman–Crippen MR) is 47.9 cm³/mol. The number of amides is 1. The number of carboxylic acids is 1. The lowest BCUT2D eigenvalue weighted by molar-refractivity contribution is -0.147. The van der Waals surface area contributed by atoms with Crippen LogP contribution in [0, 0.1) is 17.8 Å². The molecule has 0 aliphatic rings. The quantitative estimate of drug-likeness (QED) is 0.613. The fraction of sp³-hybridized carbons (Fsp3) is 0.556. The van der Waals surface area contributed by atoms with E-state index in [1.165, 1.54) is 0 Å². The maximum Gasteiger partial charge on any atom is 0.311 e. The Morgan fingerprint density at radius 2 is 2.15 bits per heavy atom. The van der Waals surface area contributed by atoms with Crippen molar-refractivity contribution in [2.75, 3.05) is 6.54 Å². The topological polar surface area (TPSA) is 66.4 Å². The first-order valence-electron chi connectivity index (χ1n) is 3.94. The largest absolute Gasteiger partial charge is 0.481 e. The molecule has 0 saturated heterocycles. The molecule has 0 saturated carbocycles. The zero-order valence-corrected chi connectivity index (χ0v) is 7.76. The van der Waals surface area contributed by atoms with Crippen LogP contribution in [0.5, 0.6) is 0 Å². The Morgan fingerprint density at radius 3 is 2.46 bits per heavy atom. The minimum absolute atomic E-state index is 0.0574. The molecule has 1 unspecified atom stereocenters. The van der Waals surface area contributed by atoms with E-state index in [1.54, 1.807) is 13.8 Å². The number of carboxylic acid groups (broad SMARTS) is 1. The van der Waals surface area contributed by atoms with Crippen molar-refractivity contribution in [2.24, 2.45) is 5.41 Å². The van der Waals surface area contributed by atoms with E-state index in [4.69, 9.17) is 11.5 Å². The second-order valence-electron chi connectivity index (χ2n) is 3.05. The molecule has 1 atom stereocenters. The Kier molecular flexibility index (Phi) is 3.99. The average molecular weight is 183 g/mol. The molecule has 0 aliphatic heterocycles. The highest BCUT2D eigenvalue weighted by atomic mass is 16.4. The molecule has 0 aromatic heterocycles. The first-order chi connectivity index (χ1) is 5.96. The van der Waals surface area contributed by atoms with E-state index in [-0.39, 0.29) is 6.54 Å². The third-order valence-electron chi connectivity index (χ3n) is 2.07. The summed E-state index contributed by atoms with van der Waals surface area (Å²) < 4.78 is 0. The molecule has 0 aliphatic carbocycles. The van der Waals surface area contributed by atoms with E-state index < -0.39 is 17.3 Å². The number of carbonyl (C=O) groups excluding carboxylic acids is 1. The minimum Gasteiger partial charge on any atom is -0.481 e. The van der Waals surface area contributed by atoms with Crippen LogP contribution in [0.25, 0.3) is 0 Å². The van der Waals surface area contributed by atoms with Gasteiger partial charge in [0, 0.05) is 6.54 Å². The Balaban J connectivity index is 4.23. The molecule has 2 N–H and O–H groups in total. The highest BCUT2D eigenvalue weighted by Gasteiger charge is 2.31. The maximum absolute atomic E-state index is 10.8. The summed E-state index contributed by atoms with van der Waals surface area (Å²) >= 11 is 0. The maximum atomic E-state index is 10.8. The van der Waals surface area contributed by atoms with Crippen LogP contribution in [-0.2, 0) is 9.59 Å². The van der Waals surface area contributed by atoms with E-state index >= 15 is 0 Å². The first kappa shape index (κ1) is 11.5. The Bertz CT molecular complexity index is 254. The molecule has 0 fully saturated rings. The van der Waals surface area contributed by atoms with Crippen molar-refractivity contribution >= 4 is 11.9 Å². The minimum atomic E-state index is -0.938. The molecule has 0 aromatic rings. The number of terminal acetylenes is 1. The summed E-state index contributed by atoms with van der Waals surface area (Å²) in [6.07, 6.45) is 5.25. The van der Waals surface area contributed by atoms with Crippen molar-refractivity contribution in [3.63, 3.8) is 0 Å². The van der Waals surface area contributed by atoms with Crippen molar-refractivity contribution in [2.45, 2.75) is 20.3 Å². The highest BCUT2D eigenvalue weighted by molar-refractivity contribution is 5.93. The smallest absolute Gasteiger partial charge is 0.311 e. The molecule has 0 radical (unpaired) electrons. The standard InChI is InChI=1S/C9H13NO3/c1-4-7(11)10-6-9(3,5-2)8(12)13/h1H,5-6H2,2-3H3,(H,10,11)(H,12,13). The normalized spacial score (nSPS) is 13.9. The van der Waals surface area contributed by atoms with Crippen molar-refractivity contribution in [1.82, 2.24) is 5.32 Å². The molecule has 1 amide bonds. The van der Waals surface area contributed by atoms with Crippen LogP contribution in [0.4, 0.5) is 0 Å². The molecule has 0 bridgehead atoms. The average Bonchev–Trinajstić information content (AvgIpc) is 2.13. The second kappa shape index (κ2) is 4.51. The van der Waals surface area contributed by atoms with Crippen LogP contribution in [0.1, 0.15) is 20.3 Å². The molecule has 0 spiro atoms. The molecule has 0 rings (SSSR count). The highest BCUT2D eigenvalue weighted by Crippen LogP contribution is 2.19. The Labute approximate surface area is 77.3 Å². The van der Waals surface area contributed by atoms with Crippen LogP contribution < -0.4 is 5.32 Å². The number of aliphatic carboxylic acids is 1. The van der Waals surface area contributed by atoms with Gasteiger partial charge in [-0.1, -0.05) is 6.92 Å². The van der Waals surface area contributed by atoms with Crippen molar-refractivity contribution in [3.8, 4) is 12.3 Å². The van der Waals surface area contributed by atoms with E-state index in [9.17, 15) is 9.59 Å². The molecule has 72 valence electrons. The number of rotatable bonds is 4. The van der Waals surface area contributed by atoms with Gasteiger partial charge in [-0.3, -0.25) is 9.59 Å². The number of nitrogens with one attached hydrogen (secondary N) is 1. The van der Waals surface area contributed by atoms with Crippen LogP contribution >= 0.6 is 0 Å². The van der Waals surface area contributed by atoms with Gasteiger partial charge in [0.25, 0.3) is 5.91 Å². The number of carbonyl (C=O) groups is 2.